The molecule has 0 spiro atoms. The predicted molar refractivity (Wildman–Crippen MR) is 325 cm³/mol. The van der Waals surface area contributed by atoms with Crippen LogP contribution in [0.5, 0.6) is 0 Å². The monoisotopic (exact) mass is 1030 g/mol. The maximum Gasteiger partial charge on any atom is 0.306 e. The van der Waals surface area contributed by atoms with Crippen LogP contribution in [-0.4, -0.2) is 37.9 Å². The van der Waals surface area contributed by atoms with Gasteiger partial charge in [-0.05, 0) is 64.2 Å². The van der Waals surface area contributed by atoms with Crippen LogP contribution in [0.25, 0.3) is 0 Å². The molecule has 5 nitrogen and oxygen atoms in total. The molecular formula is C69H126O5. The van der Waals surface area contributed by atoms with Crippen molar-refractivity contribution in [3.8, 4) is 0 Å². The Morgan fingerprint density at radius 1 is 0.311 bits per heavy atom. The molecule has 0 aliphatic heterocycles. The van der Waals surface area contributed by atoms with Crippen molar-refractivity contribution in [1.82, 2.24) is 0 Å². The van der Waals surface area contributed by atoms with E-state index in [4.69, 9.17) is 14.2 Å². The highest BCUT2D eigenvalue weighted by Gasteiger charge is 2.18. The third kappa shape index (κ3) is 62.1. The first kappa shape index (κ1) is 71.6. The lowest BCUT2D eigenvalue weighted by Gasteiger charge is -2.18. The van der Waals surface area contributed by atoms with Crippen molar-refractivity contribution in [2.75, 3.05) is 19.8 Å². The average Bonchev–Trinajstić information content (AvgIpc) is 3.40. The number of unbranched alkanes of at least 4 members (excludes halogenated alkanes) is 40. The molecule has 0 aromatic carbocycles. The van der Waals surface area contributed by atoms with Gasteiger partial charge in [-0.15, -0.1) is 0 Å². The van der Waals surface area contributed by atoms with Crippen LogP contribution in [0.1, 0.15) is 342 Å². The molecule has 0 aliphatic carbocycles. The minimum atomic E-state index is -0.549. The molecule has 5 heteroatoms. The molecular weight excluding hydrogens is 909 g/mol. The Balaban J connectivity index is 4.29. The van der Waals surface area contributed by atoms with E-state index in [2.05, 4.69) is 81.5 Å². The van der Waals surface area contributed by atoms with Crippen LogP contribution in [-0.2, 0) is 23.8 Å². The predicted octanol–water partition coefficient (Wildman–Crippen LogP) is 22.8. The van der Waals surface area contributed by atoms with Gasteiger partial charge in [-0.1, -0.05) is 326 Å². The zero-order valence-electron chi connectivity index (χ0n) is 49.9. The summed E-state index contributed by atoms with van der Waals surface area (Å²) in [4.78, 5) is 25.6. The topological polar surface area (TPSA) is 61.8 Å². The maximum absolute atomic E-state index is 12.9. The molecule has 0 amide bonds. The molecule has 0 radical (unpaired) electrons. The number of hydrogen-bond acceptors (Lipinski definition) is 5. The van der Waals surface area contributed by atoms with Crippen LogP contribution in [0.2, 0.25) is 0 Å². The first-order valence-corrected chi connectivity index (χ1v) is 32.8. The second-order valence-corrected chi connectivity index (χ2v) is 22.0. The lowest BCUT2D eigenvalue weighted by atomic mass is 10.0. The highest BCUT2D eigenvalue weighted by atomic mass is 16.6. The quantitative estimate of drug-likeness (QED) is 0.0345. The molecule has 0 saturated heterocycles. The molecule has 0 rings (SSSR count). The number of ether oxygens (including phenoxy) is 3. The van der Waals surface area contributed by atoms with Gasteiger partial charge in [-0.2, -0.15) is 0 Å². The molecule has 0 N–H and O–H groups in total. The summed E-state index contributed by atoms with van der Waals surface area (Å²) in [5.74, 6) is -0.413. The van der Waals surface area contributed by atoms with Crippen LogP contribution >= 0.6 is 0 Å². The van der Waals surface area contributed by atoms with Gasteiger partial charge in [0.2, 0.25) is 0 Å². The highest BCUT2D eigenvalue weighted by Crippen LogP contribution is 2.18. The Kier molecular flexibility index (Phi) is 62.8. The number of rotatable bonds is 61. The fourth-order valence-electron chi connectivity index (χ4n) is 9.72. The fourth-order valence-corrected chi connectivity index (χ4v) is 9.72. The summed E-state index contributed by atoms with van der Waals surface area (Å²) in [6.07, 6.45) is 84.1. The summed E-state index contributed by atoms with van der Waals surface area (Å²) in [5.41, 5.74) is 0. The maximum atomic E-state index is 12.9. The van der Waals surface area contributed by atoms with Gasteiger partial charge in [0.05, 0.1) is 6.61 Å². The van der Waals surface area contributed by atoms with Crippen molar-refractivity contribution in [1.29, 1.82) is 0 Å². The van der Waals surface area contributed by atoms with Crippen molar-refractivity contribution in [3.63, 3.8) is 0 Å². The summed E-state index contributed by atoms with van der Waals surface area (Å²) in [5, 5.41) is 0. The Morgan fingerprint density at radius 3 is 0.973 bits per heavy atom. The minimum absolute atomic E-state index is 0.0725. The zero-order chi connectivity index (χ0) is 53.4. The molecule has 1 atom stereocenters. The number of carbonyl (C=O) groups excluding carboxylic acids is 2. The van der Waals surface area contributed by atoms with Gasteiger partial charge in [-0.25, -0.2) is 0 Å². The molecule has 0 aliphatic rings. The molecule has 0 heterocycles. The van der Waals surface area contributed by atoms with Crippen LogP contribution in [0.15, 0.2) is 60.8 Å². The van der Waals surface area contributed by atoms with E-state index < -0.39 is 6.10 Å². The van der Waals surface area contributed by atoms with Gasteiger partial charge >= 0.3 is 11.9 Å². The number of allylic oxidation sites excluding steroid dienone is 10. The van der Waals surface area contributed by atoms with Crippen molar-refractivity contribution < 1.29 is 23.8 Å². The van der Waals surface area contributed by atoms with E-state index in [0.717, 1.165) is 77.0 Å². The average molecular weight is 1040 g/mol. The molecule has 74 heavy (non-hydrogen) atoms. The molecule has 0 saturated carbocycles. The fraction of sp³-hybridized carbons (Fsp3) is 0.826. The standard InChI is InChI=1S/C69H126O5/c1-4-7-10-13-16-19-22-25-28-31-34-37-40-43-46-49-52-55-58-61-64-72-65-67(74-69(71)63-60-57-54-51-48-45-42-39-36-33-30-27-24-21-18-15-12-9-6-3)66-73-68(70)62-59-56-53-50-47-44-41-38-35-32-29-26-23-20-17-14-11-8-5-2/h8,11,17,20,26,29,35,38,44,47,67H,4-7,9-10,12-16,18-19,21-25,27-28,30-34,36-37,39-43,45-46,48-66H2,1-3H3/b11-8-,20-17-,29-26-,38-35-,47-44-. The summed E-state index contributed by atoms with van der Waals surface area (Å²) in [7, 11) is 0. The lowest BCUT2D eigenvalue weighted by molar-refractivity contribution is -0.163. The largest absolute Gasteiger partial charge is 0.462 e. The smallest absolute Gasteiger partial charge is 0.306 e. The first-order valence-electron chi connectivity index (χ1n) is 32.8. The normalized spacial score (nSPS) is 12.5. The van der Waals surface area contributed by atoms with Crippen molar-refractivity contribution in [3.05, 3.63) is 60.8 Å². The van der Waals surface area contributed by atoms with Gasteiger partial charge in [0, 0.05) is 19.4 Å². The van der Waals surface area contributed by atoms with Crippen LogP contribution in [0, 0.1) is 0 Å². The summed E-state index contributed by atoms with van der Waals surface area (Å²) >= 11 is 0. The SMILES string of the molecule is CC/C=C\C/C=C\C/C=C\C/C=C\C/C=C\CCCCCC(=O)OCC(COCCCCCCCCCCCCCCCCCCCCCC)OC(=O)CCCCCCCCCCCCCCCCCCCCC. The Morgan fingerprint density at radius 2 is 0.608 bits per heavy atom. The first-order chi connectivity index (χ1) is 36.6. The van der Waals surface area contributed by atoms with Crippen molar-refractivity contribution >= 4 is 11.9 Å². The second kappa shape index (κ2) is 64.9. The lowest BCUT2D eigenvalue weighted by Crippen LogP contribution is -2.30. The van der Waals surface area contributed by atoms with Gasteiger partial charge < -0.3 is 14.2 Å². The van der Waals surface area contributed by atoms with Gasteiger partial charge in [-0.3, -0.25) is 9.59 Å². The second-order valence-electron chi connectivity index (χ2n) is 22.0. The van der Waals surface area contributed by atoms with E-state index in [1.807, 2.05) is 0 Å². The van der Waals surface area contributed by atoms with E-state index in [1.165, 1.54) is 231 Å². The molecule has 0 aromatic heterocycles. The Labute approximate surface area is 462 Å². The Hall–Kier alpha value is -2.40. The van der Waals surface area contributed by atoms with Gasteiger partial charge in [0.15, 0.2) is 6.10 Å². The third-order valence-corrected chi connectivity index (χ3v) is 14.6. The van der Waals surface area contributed by atoms with E-state index in [9.17, 15) is 9.59 Å². The third-order valence-electron chi connectivity index (χ3n) is 14.6. The summed E-state index contributed by atoms with van der Waals surface area (Å²) < 4.78 is 17.6. The summed E-state index contributed by atoms with van der Waals surface area (Å²) in [6.45, 7) is 7.76. The molecule has 0 aromatic rings. The van der Waals surface area contributed by atoms with Crippen LogP contribution in [0.4, 0.5) is 0 Å². The number of hydrogen-bond donors (Lipinski definition) is 0. The van der Waals surface area contributed by atoms with E-state index in [0.29, 0.717) is 19.4 Å². The molecule has 1 unspecified atom stereocenters. The number of carbonyl (C=O) groups is 2. The molecule has 0 fully saturated rings. The van der Waals surface area contributed by atoms with E-state index >= 15 is 0 Å². The van der Waals surface area contributed by atoms with Crippen molar-refractivity contribution in [2.45, 2.75) is 348 Å². The zero-order valence-corrected chi connectivity index (χ0v) is 49.9. The number of esters is 2. The molecule has 432 valence electrons. The van der Waals surface area contributed by atoms with E-state index in [-0.39, 0.29) is 25.2 Å². The molecule has 0 bridgehead atoms. The van der Waals surface area contributed by atoms with Gasteiger partial charge in [0.1, 0.15) is 6.61 Å². The van der Waals surface area contributed by atoms with Gasteiger partial charge in [0.25, 0.3) is 0 Å². The minimum Gasteiger partial charge on any atom is -0.462 e. The Bertz CT molecular complexity index is 1260. The van der Waals surface area contributed by atoms with Crippen molar-refractivity contribution in [2.24, 2.45) is 0 Å². The van der Waals surface area contributed by atoms with E-state index in [1.54, 1.807) is 0 Å². The summed E-state index contributed by atoms with van der Waals surface area (Å²) in [6, 6.07) is 0. The van der Waals surface area contributed by atoms with Crippen LogP contribution in [0.3, 0.4) is 0 Å². The highest BCUT2D eigenvalue weighted by molar-refractivity contribution is 5.70. The van der Waals surface area contributed by atoms with Crippen LogP contribution < -0.4 is 0 Å².